The maximum absolute atomic E-state index is 6.16. The van der Waals surface area contributed by atoms with Gasteiger partial charge in [0, 0.05) is 11.4 Å². The van der Waals surface area contributed by atoms with Crippen LogP contribution in [-0.2, 0) is 12.8 Å². The van der Waals surface area contributed by atoms with Crippen molar-refractivity contribution < 1.29 is 0 Å². The van der Waals surface area contributed by atoms with Gasteiger partial charge in [-0.25, -0.2) is 0 Å². The highest BCUT2D eigenvalue weighted by molar-refractivity contribution is 5.74. The average molecular weight is 409 g/mol. The van der Waals surface area contributed by atoms with E-state index >= 15 is 0 Å². The molecule has 0 aliphatic rings. The molecule has 0 heterocycles. The summed E-state index contributed by atoms with van der Waals surface area (Å²) in [4.78, 5) is 0. The predicted molar refractivity (Wildman–Crippen MR) is 135 cm³/mol. The minimum absolute atomic E-state index is 0.868. The first-order valence-electron chi connectivity index (χ1n) is 12.4. The predicted octanol–water partition coefficient (Wildman–Crippen LogP) is 8.32. The minimum atomic E-state index is 0.868. The van der Waals surface area contributed by atoms with E-state index < -0.39 is 0 Å². The lowest BCUT2D eigenvalue weighted by Gasteiger charge is -2.16. The average Bonchev–Trinajstić information content (AvgIpc) is 2.74. The number of unbranched alkanes of at least 4 members (excludes halogenated alkanes) is 10. The van der Waals surface area contributed by atoms with Crippen LogP contribution in [0.2, 0.25) is 0 Å². The molecule has 166 valence electrons. The standard InChI is InChI=1S/C28H44N2/c1-3-5-7-9-11-13-15-23-21-25(29)17-19-27(23)28-20-18-26(30)22-24(28)16-14-12-10-8-6-4-2/h17-22H,3-16,29-30H2,1-2H3. The van der Waals surface area contributed by atoms with E-state index in [9.17, 15) is 0 Å². The van der Waals surface area contributed by atoms with Gasteiger partial charge >= 0.3 is 0 Å². The van der Waals surface area contributed by atoms with Crippen LogP contribution in [0.25, 0.3) is 11.1 Å². The third-order valence-electron chi connectivity index (χ3n) is 6.15. The number of hydrogen-bond acceptors (Lipinski definition) is 2. The van der Waals surface area contributed by atoms with Crippen molar-refractivity contribution in [2.75, 3.05) is 11.5 Å². The normalized spacial score (nSPS) is 11.1. The first kappa shape index (κ1) is 24.3. The summed E-state index contributed by atoms with van der Waals surface area (Å²) in [6, 6.07) is 12.9. The molecule has 0 unspecified atom stereocenters. The van der Waals surface area contributed by atoms with Gasteiger partial charge in [0.15, 0.2) is 0 Å². The zero-order valence-electron chi connectivity index (χ0n) is 19.5. The molecule has 30 heavy (non-hydrogen) atoms. The zero-order valence-corrected chi connectivity index (χ0v) is 19.5. The monoisotopic (exact) mass is 408 g/mol. The number of anilines is 2. The Morgan fingerprint density at radius 1 is 0.500 bits per heavy atom. The van der Waals surface area contributed by atoms with Gasteiger partial charge in [-0.1, -0.05) is 90.2 Å². The van der Waals surface area contributed by atoms with Crippen molar-refractivity contribution in [1.82, 2.24) is 0 Å². The smallest absolute Gasteiger partial charge is 0.0317 e. The molecule has 2 heteroatoms. The summed E-state index contributed by atoms with van der Waals surface area (Å²) in [5, 5.41) is 0. The Balaban J connectivity index is 2.07. The second-order valence-electron chi connectivity index (χ2n) is 8.87. The topological polar surface area (TPSA) is 52.0 Å². The molecule has 0 aliphatic carbocycles. The van der Waals surface area contributed by atoms with E-state index in [0.717, 1.165) is 24.2 Å². The van der Waals surface area contributed by atoms with Crippen molar-refractivity contribution in [3.05, 3.63) is 47.5 Å². The highest BCUT2D eigenvalue weighted by Crippen LogP contribution is 2.32. The lowest BCUT2D eigenvalue weighted by molar-refractivity contribution is 0.607. The van der Waals surface area contributed by atoms with Crippen LogP contribution >= 0.6 is 0 Å². The maximum atomic E-state index is 6.16. The van der Waals surface area contributed by atoms with E-state index in [0.29, 0.717) is 0 Å². The summed E-state index contributed by atoms with van der Waals surface area (Å²) in [6.45, 7) is 4.54. The fourth-order valence-corrected chi connectivity index (χ4v) is 4.36. The molecule has 2 aromatic rings. The van der Waals surface area contributed by atoms with E-state index in [1.807, 2.05) is 12.1 Å². The molecule has 0 amide bonds. The Morgan fingerprint density at radius 2 is 0.867 bits per heavy atom. The SMILES string of the molecule is CCCCCCCCc1cc(N)ccc1-c1ccc(N)cc1CCCCCCCC. The lowest BCUT2D eigenvalue weighted by Crippen LogP contribution is -1.99. The summed E-state index contributed by atoms with van der Waals surface area (Å²) >= 11 is 0. The molecule has 0 aliphatic heterocycles. The molecule has 0 saturated heterocycles. The van der Waals surface area contributed by atoms with Crippen molar-refractivity contribution in [3.8, 4) is 11.1 Å². The van der Waals surface area contributed by atoms with Crippen LogP contribution in [0.15, 0.2) is 36.4 Å². The van der Waals surface area contributed by atoms with E-state index in [1.165, 1.54) is 99.3 Å². The van der Waals surface area contributed by atoms with Gasteiger partial charge in [0.05, 0.1) is 0 Å². The number of aryl methyl sites for hydroxylation is 2. The number of nitrogen functional groups attached to an aromatic ring is 2. The summed E-state index contributed by atoms with van der Waals surface area (Å²) in [5.41, 5.74) is 19.5. The van der Waals surface area contributed by atoms with Gasteiger partial charge < -0.3 is 11.5 Å². The van der Waals surface area contributed by atoms with Crippen molar-refractivity contribution >= 4 is 11.4 Å². The van der Waals surface area contributed by atoms with Crippen molar-refractivity contribution in [1.29, 1.82) is 0 Å². The van der Waals surface area contributed by atoms with Crippen molar-refractivity contribution in [2.45, 2.75) is 104 Å². The number of rotatable bonds is 15. The lowest BCUT2D eigenvalue weighted by atomic mass is 9.90. The van der Waals surface area contributed by atoms with Crippen molar-refractivity contribution in [3.63, 3.8) is 0 Å². The van der Waals surface area contributed by atoms with Gasteiger partial charge in [0.1, 0.15) is 0 Å². The maximum Gasteiger partial charge on any atom is 0.0317 e. The largest absolute Gasteiger partial charge is 0.399 e. The van der Waals surface area contributed by atoms with Crippen LogP contribution < -0.4 is 11.5 Å². The Labute approximate surface area is 185 Å². The Kier molecular flexibility index (Phi) is 11.4. The number of benzene rings is 2. The van der Waals surface area contributed by atoms with Crippen LogP contribution in [0.3, 0.4) is 0 Å². The van der Waals surface area contributed by atoms with Gasteiger partial charge in [-0.15, -0.1) is 0 Å². The Bertz CT molecular complexity index is 672. The van der Waals surface area contributed by atoms with Crippen LogP contribution in [-0.4, -0.2) is 0 Å². The molecule has 0 aromatic heterocycles. The third kappa shape index (κ3) is 8.42. The molecule has 0 fully saturated rings. The zero-order chi connectivity index (χ0) is 21.6. The van der Waals surface area contributed by atoms with E-state index in [1.54, 1.807) is 0 Å². The second kappa shape index (κ2) is 14.1. The third-order valence-corrected chi connectivity index (χ3v) is 6.15. The van der Waals surface area contributed by atoms with Gasteiger partial charge in [0.25, 0.3) is 0 Å². The first-order chi connectivity index (χ1) is 14.7. The summed E-state index contributed by atoms with van der Waals surface area (Å²) in [6.07, 6.45) is 18.0. The molecule has 2 aromatic carbocycles. The molecule has 2 nitrogen and oxygen atoms in total. The van der Waals surface area contributed by atoms with E-state index in [-0.39, 0.29) is 0 Å². The van der Waals surface area contributed by atoms with Crippen LogP contribution in [0.1, 0.15) is 102 Å². The van der Waals surface area contributed by atoms with E-state index in [2.05, 4.69) is 38.1 Å². The number of nitrogens with two attached hydrogens (primary N) is 2. The molecule has 4 N–H and O–H groups in total. The van der Waals surface area contributed by atoms with Gasteiger partial charge in [0.2, 0.25) is 0 Å². The highest BCUT2D eigenvalue weighted by atomic mass is 14.5. The van der Waals surface area contributed by atoms with Crippen molar-refractivity contribution in [2.24, 2.45) is 0 Å². The molecule has 0 saturated carbocycles. The number of hydrogen-bond donors (Lipinski definition) is 2. The molecule has 2 rings (SSSR count). The highest BCUT2D eigenvalue weighted by Gasteiger charge is 2.11. The van der Waals surface area contributed by atoms with Crippen LogP contribution in [0.5, 0.6) is 0 Å². The molecule has 0 spiro atoms. The minimum Gasteiger partial charge on any atom is -0.399 e. The summed E-state index contributed by atoms with van der Waals surface area (Å²) in [5.74, 6) is 0. The molecule has 0 bridgehead atoms. The Morgan fingerprint density at radius 3 is 1.27 bits per heavy atom. The van der Waals surface area contributed by atoms with Gasteiger partial charge in [-0.2, -0.15) is 0 Å². The Hall–Kier alpha value is -1.96. The van der Waals surface area contributed by atoms with E-state index in [4.69, 9.17) is 11.5 Å². The fourth-order valence-electron chi connectivity index (χ4n) is 4.36. The van der Waals surface area contributed by atoms with Gasteiger partial charge in [-0.3, -0.25) is 0 Å². The van der Waals surface area contributed by atoms with Gasteiger partial charge in [-0.05, 0) is 72.2 Å². The van der Waals surface area contributed by atoms with Crippen LogP contribution in [0, 0.1) is 0 Å². The quantitative estimate of drug-likeness (QED) is 0.230. The van der Waals surface area contributed by atoms with Crippen LogP contribution in [0.4, 0.5) is 11.4 Å². The first-order valence-corrected chi connectivity index (χ1v) is 12.4. The molecule has 0 radical (unpaired) electrons. The summed E-state index contributed by atoms with van der Waals surface area (Å²) < 4.78 is 0. The fraction of sp³-hybridized carbons (Fsp3) is 0.571. The molecular weight excluding hydrogens is 364 g/mol. The molecular formula is C28H44N2. The second-order valence-corrected chi connectivity index (χ2v) is 8.87. The molecule has 0 atom stereocenters. The summed E-state index contributed by atoms with van der Waals surface area (Å²) in [7, 11) is 0.